The predicted octanol–water partition coefficient (Wildman–Crippen LogP) is 0.0672. The van der Waals surface area contributed by atoms with E-state index < -0.39 is 41.6 Å². The van der Waals surface area contributed by atoms with E-state index >= 15 is 0 Å². The van der Waals surface area contributed by atoms with Crippen molar-refractivity contribution < 1.29 is 29.0 Å². The highest BCUT2D eigenvalue weighted by molar-refractivity contribution is 5.93. The summed E-state index contributed by atoms with van der Waals surface area (Å²) in [4.78, 5) is 35.6. The van der Waals surface area contributed by atoms with Gasteiger partial charge in [0.05, 0.1) is 24.5 Å². The molecule has 2 aliphatic rings. The molecule has 1 heterocycles. The number of ketones is 1. The fraction of sp³-hybridized carbons (Fsp3) is 0.769. The van der Waals surface area contributed by atoms with Gasteiger partial charge < -0.3 is 14.6 Å². The first-order chi connectivity index (χ1) is 8.95. The number of fused-ring (bicyclic) bond motifs is 1. The topological polar surface area (TPSA) is 89.9 Å². The van der Waals surface area contributed by atoms with Crippen LogP contribution in [0.3, 0.4) is 0 Å². The van der Waals surface area contributed by atoms with Crippen molar-refractivity contribution in [2.75, 3.05) is 6.61 Å². The summed E-state index contributed by atoms with van der Waals surface area (Å²) < 4.78 is 10.0. The highest BCUT2D eigenvalue weighted by Crippen LogP contribution is 2.41. The van der Waals surface area contributed by atoms with Crippen molar-refractivity contribution in [3.05, 3.63) is 0 Å². The van der Waals surface area contributed by atoms with Crippen molar-refractivity contribution in [3.63, 3.8) is 0 Å². The second-order valence-corrected chi connectivity index (χ2v) is 5.15. The molecule has 0 amide bonds. The first-order valence-electron chi connectivity index (χ1n) is 6.53. The zero-order chi connectivity index (χ0) is 14.2. The molecule has 0 unspecified atom stereocenters. The number of hydrogen-bond acceptors (Lipinski definition) is 6. The molecule has 0 aromatic rings. The highest BCUT2D eigenvalue weighted by Gasteiger charge is 2.53. The fourth-order valence-corrected chi connectivity index (χ4v) is 3.00. The number of aliphatic hydroxyl groups is 1. The van der Waals surface area contributed by atoms with Gasteiger partial charge >= 0.3 is 11.9 Å². The van der Waals surface area contributed by atoms with Crippen LogP contribution in [0.4, 0.5) is 0 Å². The van der Waals surface area contributed by atoms with Crippen LogP contribution in [0.2, 0.25) is 0 Å². The van der Waals surface area contributed by atoms with Crippen molar-refractivity contribution >= 4 is 17.7 Å². The summed E-state index contributed by atoms with van der Waals surface area (Å²) in [6.45, 7) is 3.56. The number of carbonyl (C=O) groups excluding carboxylic acids is 3. The molecule has 5 atom stereocenters. The van der Waals surface area contributed by atoms with Crippen molar-refractivity contribution in [1.29, 1.82) is 0 Å². The van der Waals surface area contributed by atoms with E-state index in [1.165, 1.54) is 0 Å². The molecule has 106 valence electrons. The predicted molar refractivity (Wildman–Crippen MR) is 62.9 cm³/mol. The van der Waals surface area contributed by atoms with E-state index in [9.17, 15) is 19.5 Å². The molecular formula is C13H18O6. The molecule has 0 aromatic carbocycles. The van der Waals surface area contributed by atoms with Crippen LogP contribution in [-0.4, -0.2) is 41.6 Å². The Morgan fingerprint density at radius 3 is 2.79 bits per heavy atom. The number of ether oxygens (including phenoxy) is 2. The number of cyclic esters (lactones) is 1. The van der Waals surface area contributed by atoms with Crippen molar-refractivity contribution in [1.82, 2.24) is 0 Å². The third kappa shape index (κ3) is 2.49. The highest BCUT2D eigenvalue weighted by atomic mass is 16.5. The standard InChI is InChI=1S/C13H18O6/c1-3-18-12(16)8-5-9(14)11(15)7-4-6(2)19-13(17)10(7)8/h6-8,10-11,15H,3-5H2,1-2H3/t6-,7+,8-,10-,11-/m1/s1. The average Bonchev–Trinajstić information content (AvgIpc) is 2.34. The van der Waals surface area contributed by atoms with Gasteiger partial charge in [0.15, 0.2) is 5.78 Å². The third-order valence-electron chi connectivity index (χ3n) is 3.83. The maximum atomic E-state index is 12.0. The van der Waals surface area contributed by atoms with E-state index in [1.54, 1.807) is 13.8 Å². The van der Waals surface area contributed by atoms with Gasteiger partial charge in [0.25, 0.3) is 0 Å². The summed E-state index contributed by atoms with van der Waals surface area (Å²) in [5.41, 5.74) is 0. The van der Waals surface area contributed by atoms with E-state index in [2.05, 4.69) is 0 Å². The number of Topliss-reactive ketones (excluding diaryl/α,β-unsaturated/α-hetero) is 1. The Hall–Kier alpha value is -1.43. The molecule has 0 bridgehead atoms. The van der Waals surface area contributed by atoms with Gasteiger partial charge in [-0.25, -0.2) is 0 Å². The molecule has 1 aliphatic carbocycles. The van der Waals surface area contributed by atoms with Crippen LogP contribution in [0.25, 0.3) is 0 Å². The summed E-state index contributed by atoms with van der Waals surface area (Å²) in [6, 6.07) is 0. The van der Waals surface area contributed by atoms with Crippen molar-refractivity contribution in [2.24, 2.45) is 17.8 Å². The van der Waals surface area contributed by atoms with E-state index in [0.717, 1.165) is 0 Å². The quantitative estimate of drug-likeness (QED) is 0.714. The minimum atomic E-state index is -1.19. The molecule has 19 heavy (non-hydrogen) atoms. The summed E-state index contributed by atoms with van der Waals surface area (Å²) in [5, 5.41) is 9.93. The van der Waals surface area contributed by atoms with Gasteiger partial charge in [0.2, 0.25) is 0 Å². The van der Waals surface area contributed by atoms with Gasteiger partial charge in [0, 0.05) is 12.3 Å². The van der Waals surface area contributed by atoms with E-state index in [0.29, 0.717) is 6.42 Å². The zero-order valence-corrected chi connectivity index (χ0v) is 11.0. The van der Waals surface area contributed by atoms with E-state index in [4.69, 9.17) is 9.47 Å². The van der Waals surface area contributed by atoms with Gasteiger partial charge in [-0.05, 0) is 20.3 Å². The smallest absolute Gasteiger partial charge is 0.310 e. The SMILES string of the molecule is CCOC(=O)[C@@H]1CC(=O)[C@H](O)[C@H]2C[C@@H](C)OC(=O)[C@H]21. The third-order valence-corrected chi connectivity index (χ3v) is 3.83. The van der Waals surface area contributed by atoms with Gasteiger partial charge in [-0.2, -0.15) is 0 Å². The molecule has 2 fully saturated rings. The molecule has 0 spiro atoms. The van der Waals surface area contributed by atoms with Gasteiger partial charge in [0.1, 0.15) is 6.10 Å². The molecular weight excluding hydrogens is 252 g/mol. The van der Waals surface area contributed by atoms with Crippen LogP contribution >= 0.6 is 0 Å². The largest absolute Gasteiger partial charge is 0.466 e. The average molecular weight is 270 g/mol. The Bertz CT molecular complexity index is 404. The first kappa shape index (κ1) is 14.0. The van der Waals surface area contributed by atoms with Gasteiger partial charge in [-0.1, -0.05) is 0 Å². The molecule has 0 radical (unpaired) electrons. The minimum absolute atomic E-state index is 0.162. The lowest BCUT2D eigenvalue weighted by atomic mass is 9.67. The molecule has 1 aliphatic heterocycles. The Morgan fingerprint density at radius 1 is 1.47 bits per heavy atom. The number of esters is 2. The molecule has 1 saturated heterocycles. The lowest BCUT2D eigenvalue weighted by molar-refractivity contribution is -0.185. The molecule has 2 rings (SSSR count). The Kier molecular flexibility index (Phi) is 3.89. The lowest BCUT2D eigenvalue weighted by Gasteiger charge is -2.42. The zero-order valence-electron chi connectivity index (χ0n) is 11.0. The maximum Gasteiger partial charge on any atom is 0.310 e. The van der Waals surface area contributed by atoms with Gasteiger partial charge in [-0.15, -0.1) is 0 Å². The summed E-state index contributed by atoms with van der Waals surface area (Å²) >= 11 is 0. The summed E-state index contributed by atoms with van der Waals surface area (Å²) in [7, 11) is 0. The lowest BCUT2D eigenvalue weighted by Crippen LogP contribution is -2.54. The molecule has 6 heteroatoms. The minimum Gasteiger partial charge on any atom is -0.466 e. The second-order valence-electron chi connectivity index (χ2n) is 5.15. The van der Waals surface area contributed by atoms with Crippen LogP contribution in [0.1, 0.15) is 26.7 Å². The normalized spacial score (nSPS) is 38.4. The first-order valence-corrected chi connectivity index (χ1v) is 6.53. The number of hydrogen-bond donors (Lipinski definition) is 1. The maximum absolute atomic E-state index is 12.0. The molecule has 1 N–H and O–H groups in total. The van der Waals surface area contributed by atoms with E-state index in [1.807, 2.05) is 0 Å². The van der Waals surface area contributed by atoms with Crippen LogP contribution in [0, 0.1) is 17.8 Å². The Morgan fingerprint density at radius 2 is 2.16 bits per heavy atom. The Labute approximate surface area is 111 Å². The van der Waals surface area contributed by atoms with Crippen LogP contribution in [-0.2, 0) is 23.9 Å². The van der Waals surface area contributed by atoms with Crippen molar-refractivity contribution in [2.45, 2.75) is 38.9 Å². The fourth-order valence-electron chi connectivity index (χ4n) is 3.00. The Balaban J connectivity index is 2.27. The van der Waals surface area contributed by atoms with Gasteiger partial charge in [-0.3, -0.25) is 14.4 Å². The number of rotatable bonds is 2. The molecule has 0 aromatic heterocycles. The van der Waals surface area contributed by atoms with Crippen LogP contribution in [0.5, 0.6) is 0 Å². The molecule has 6 nitrogen and oxygen atoms in total. The monoisotopic (exact) mass is 270 g/mol. The second kappa shape index (κ2) is 5.28. The van der Waals surface area contributed by atoms with Crippen molar-refractivity contribution in [3.8, 4) is 0 Å². The summed E-state index contributed by atoms with van der Waals surface area (Å²) in [5.74, 6) is -3.64. The molecule has 1 saturated carbocycles. The summed E-state index contributed by atoms with van der Waals surface area (Å²) in [6.07, 6.45) is -1.31. The number of aliphatic hydroxyl groups excluding tert-OH is 1. The van der Waals surface area contributed by atoms with Crippen LogP contribution in [0.15, 0.2) is 0 Å². The van der Waals surface area contributed by atoms with E-state index in [-0.39, 0.29) is 19.1 Å². The number of carbonyl (C=O) groups is 3. The van der Waals surface area contributed by atoms with Crippen LogP contribution < -0.4 is 0 Å².